The van der Waals surface area contributed by atoms with Gasteiger partial charge in [-0.15, -0.1) is 0 Å². The van der Waals surface area contributed by atoms with Crippen LogP contribution in [-0.2, 0) is 10.0 Å². The Balaban J connectivity index is 2.60. The number of nitrogens with zero attached hydrogens (tertiary/aromatic N) is 1. The fourth-order valence-electron chi connectivity index (χ4n) is 1.54. The van der Waals surface area contributed by atoms with Gasteiger partial charge in [0.05, 0.1) is 5.75 Å². The quantitative estimate of drug-likeness (QED) is 0.708. The van der Waals surface area contributed by atoms with Gasteiger partial charge < -0.3 is 5.32 Å². The third kappa shape index (κ3) is 2.93. The summed E-state index contributed by atoms with van der Waals surface area (Å²) in [7, 11) is -2.97. The van der Waals surface area contributed by atoms with Gasteiger partial charge in [-0.3, -0.25) is 0 Å². The predicted molar refractivity (Wildman–Crippen MR) is 53.1 cm³/mol. The Morgan fingerprint density at radius 1 is 1.54 bits per heavy atom. The molecule has 4 nitrogen and oxygen atoms in total. The van der Waals surface area contributed by atoms with Crippen molar-refractivity contribution in [1.29, 1.82) is 0 Å². The second-order valence-electron chi connectivity index (χ2n) is 3.53. The summed E-state index contributed by atoms with van der Waals surface area (Å²) in [5.74, 6) is 0.277. The molecule has 1 N–H and O–H groups in total. The lowest BCUT2D eigenvalue weighted by molar-refractivity contribution is 0.310. The van der Waals surface area contributed by atoms with E-state index in [1.165, 1.54) is 0 Å². The topological polar surface area (TPSA) is 49.4 Å². The summed E-state index contributed by atoms with van der Waals surface area (Å²) < 4.78 is 24.9. The zero-order valence-corrected chi connectivity index (χ0v) is 9.10. The molecule has 0 amide bonds. The smallest absolute Gasteiger partial charge is 0.214 e. The second-order valence-corrected chi connectivity index (χ2v) is 5.62. The van der Waals surface area contributed by atoms with Crippen molar-refractivity contribution in [3.8, 4) is 0 Å². The molecule has 1 fully saturated rings. The number of sulfonamides is 1. The van der Waals surface area contributed by atoms with Crippen LogP contribution in [0.3, 0.4) is 0 Å². The SMILES string of the molecule is CCCS(=O)(=O)N1CCNC(C)C1. The highest BCUT2D eigenvalue weighted by molar-refractivity contribution is 7.89. The summed E-state index contributed by atoms with van der Waals surface area (Å²) in [6.45, 7) is 5.90. The van der Waals surface area contributed by atoms with Gasteiger partial charge in [0.25, 0.3) is 0 Å². The van der Waals surface area contributed by atoms with Crippen molar-refractivity contribution >= 4 is 10.0 Å². The number of piperazine rings is 1. The van der Waals surface area contributed by atoms with E-state index in [4.69, 9.17) is 0 Å². The van der Waals surface area contributed by atoms with E-state index >= 15 is 0 Å². The molecule has 0 spiro atoms. The molecule has 0 saturated carbocycles. The number of nitrogens with one attached hydrogen (secondary N) is 1. The third-order valence-corrected chi connectivity index (χ3v) is 4.23. The van der Waals surface area contributed by atoms with Gasteiger partial charge in [-0.05, 0) is 13.3 Å². The molecule has 78 valence electrons. The molecule has 5 heteroatoms. The minimum Gasteiger partial charge on any atom is -0.312 e. The van der Waals surface area contributed by atoms with Gasteiger partial charge in [0.1, 0.15) is 0 Å². The average Bonchev–Trinajstić information content (AvgIpc) is 2.04. The van der Waals surface area contributed by atoms with Gasteiger partial charge in [-0.25, -0.2) is 8.42 Å². The first-order chi connectivity index (χ1) is 6.06. The molecule has 0 aromatic rings. The first kappa shape index (κ1) is 10.9. The highest BCUT2D eigenvalue weighted by Crippen LogP contribution is 2.07. The lowest BCUT2D eigenvalue weighted by Gasteiger charge is -2.30. The maximum atomic E-state index is 11.6. The molecule has 0 aromatic carbocycles. The van der Waals surface area contributed by atoms with Crippen molar-refractivity contribution in [2.75, 3.05) is 25.4 Å². The van der Waals surface area contributed by atoms with Gasteiger partial charge in [-0.1, -0.05) is 6.92 Å². The van der Waals surface area contributed by atoms with Crippen LogP contribution in [0.1, 0.15) is 20.3 Å². The second kappa shape index (κ2) is 4.39. The van der Waals surface area contributed by atoms with Crippen LogP contribution in [0.15, 0.2) is 0 Å². The summed E-state index contributed by atoms with van der Waals surface area (Å²) in [5, 5.41) is 3.22. The molecule has 1 aliphatic heterocycles. The van der Waals surface area contributed by atoms with E-state index in [1.54, 1.807) is 4.31 Å². The van der Waals surface area contributed by atoms with Crippen LogP contribution < -0.4 is 5.32 Å². The van der Waals surface area contributed by atoms with E-state index in [2.05, 4.69) is 5.32 Å². The monoisotopic (exact) mass is 206 g/mol. The Morgan fingerprint density at radius 3 is 2.77 bits per heavy atom. The minimum atomic E-state index is -2.97. The van der Waals surface area contributed by atoms with E-state index in [0.717, 1.165) is 6.54 Å². The van der Waals surface area contributed by atoms with E-state index < -0.39 is 10.0 Å². The normalized spacial score (nSPS) is 26.2. The fraction of sp³-hybridized carbons (Fsp3) is 1.00. The molecule has 0 radical (unpaired) electrons. The molecule has 1 aliphatic rings. The van der Waals surface area contributed by atoms with Crippen molar-refractivity contribution in [2.24, 2.45) is 0 Å². The highest BCUT2D eigenvalue weighted by atomic mass is 32.2. The molecule has 1 saturated heterocycles. The molecule has 13 heavy (non-hydrogen) atoms. The van der Waals surface area contributed by atoms with Crippen LogP contribution in [0.5, 0.6) is 0 Å². The molecule has 0 aliphatic carbocycles. The summed E-state index contributed by atoms with van der Waals surface area (Å²) >= 11 is 0. The molecule has 0 aromatic heterocycles. The highest BCUT2D eigenvalue weighted by Gasteiger charge is 2.25. The van der Waals surface area contributed by atoms with Crippen LogP contribution in [0.25, 0.3) is 0 Å². The van der Waals surface area contributed by atoms with Crippen molar-refractivity contribution in [3.63, 3.8) is 0 Å². The van der Waals surface area contributed by atoms with Crippen LogP contribution >= 0.6 is 0 Å². The zero-order valence-electron chi connectivity index (χ0n) is 8.28. The number of rotatable bonds is 3. The summed E-state index contributed by atoms with van der Waals surface area (Å²) in [4.78, 5) is 0. The lowest BCUT2D eigenvalue weighted by atomic mass is 10.3. The fourth-order valence-corrected chi connectivity index (χ4v) is 3.13. The van der Waals surface area contributed by atoms with E-state index in [-0.39, 0.29) is 11.8 Å². The maximum absolute atomic E-state index is 11.6. The number of hydrogen-bond donors (Lipinski definition) is 1. The average molecular weight is 206 g/mol. The van der Waals surface area contributed by atoms with Crippen LogP contribution in [0.2, 0.25) is 0 Å². The van der Waals surface area contributed by atoms with Gasteiger partial charge in [0.15, 0.2) is 0 Å². The largest absolute Gasteiger partial charge is 0.312 e. The molecule has 0 bridgehead atoms. The summed E-state index contributed by atoms with van der Waals surface area (Å²) in [5.41, 5.74) is 0. The lowest BCUT2D eigenvalue weighted by Crippen LogP contribution is -2.51. The van der Waals surface area contributed by atoms with E-state index in [1.807, 2.05) is 13.8 Å². The van der Waals surface area contributed by atoms with Crippen LogP contribution in [0, 0.1) is 0 Å². The summed E-state index contributed by atoms with van der Waals surface area (Å²) in [6.07, 6.45) is 0.695. The maximum Gasteiger partial charge on any atom is 0.214 e. The molecular formula is C8H18N2O2S. The Morgan fingerprint density at radius 2 is 2.23 bits per heavy atom. The molecular weight excluding hydrogens is 188 g/mol. The van der Waals surface area contributed by atoms with Gasteiger partial charge in [0.2, 0.25) is 10.0 Å². The van der Waals surface area contributed by atoms with E-state index in [9.17, 15) is 8.42 Å². The molecule has 1 atom stereocenters. The van der Waals surface area contributed by atoms with Gasteiger partial charge >= 0.3 is 0 Å². The van der Waals surface area contributed by atoms with Crippen molar-refractivity contribution < 1.29 is 8.42 Å². The van der Waals surface area contributed by atoms with Crippen molar-refractivity contribution in [2.45, 2.75) is 26.3 Å². The van der Waals surface area contributed by atoms with Gasteiger partial charge in [0, 0.05) is 25.7 Å². The van der Waals surface area contributed by atoms with Gasteiger partial charge in [-0.2, -0.15) is 4.31 Å². The van der Waals surface area contributed by atoms with Crippen LogP contribution in [0.4, 0.5) is 0 Å². The first-order valence-electron chi connectivity index (χ1n) is 4.77. The number of hydrogen-bond acceptors (Lipinski definition) is 3. The Bertz CT molecular complexity index is 251. The summed E-state index contributed by atoms with van der Waals surface area (Å²) in [6, 6.07) is 0.278. The Hall–Kier alpha value is -0.130. The van der Waals surface area contributed by atoms with Crippen molar-refractivity contribution in [3.05, 3.63) is 0 Å². The van der Waals surface area contributed by atoms with Crippen molar-refractivity contribution in [1.82, 2.24) is 9.62 Å². The Labute approximate surface area is 80.4 Å². The van der Waals surface area contributed by atoms with E-state index in [0.29, 0.717) is 19.5 Å². The Kier molecular flexibility index (Phi) is 3.70. The molecule has 1 rings (SSSR count). The third-order valence-electron chi connectivity index (χ3n) is 2.19. The standard InChI is InChI=1S/C8H18N2O2S/c1-3-6-13(11,12)10-5-4-9-8(2)7-10/h8-9H,3-7H2,1-2H3. The first-order valence-corrected chi connectivity index (χ1v) is 6.38. The minimum absolute atomic E-state index is 0.277. The molecule has 1 heterocycles. The molecule has 1 unspecified atom stereocenters. The predicted octanol–water partition coefficient (Wildman–Crippen LogP) is 0.0199. The van der Waals surface area contributed by atoms with Crippen LogP contribution in [-0.4, -0.2) is 44.2 Å². The zero-order chi connectivity index (χ0) is 9.90.